The molecule has 3 rings (SSSR count). The molecule has 1 fully saturated rings. The molecular formula is C17H21N3O3S. The molecule has 0 spiro atoms. The van der Waals surface area contributed by atoms with E-state index in [1.807, 2.05) is 12.3 Å². The molecule has 6 nitrogen and oxygen atoms in total. The average Bonchev–Trinajstić information content (AvgIpc) is 2.93. The minimum Gasteiger partial charge on any atom is -0.504 e. The predicted octanol–water partition coefficient (Wildman–Crippen LogP) is 3.09. The molecule has 1 aliphatic carbocycles. The van der Waals surface area contributed by atoms with E-state index < -0.39 is 11.5 Å². The lowest BCUT2D eigenvalue weighted by atomic mass is 9.96. The van der Waals surface area contributed by atoms with Crippen molar-refractivity contribution in [3.63, 3.8) is 0 Å². The number of aromatic hydroxyl groups is 3. The van der Waals surface area contributed by atoms with Gasteiger partial charge in [0.05, 0.1) is 18.0 Å². The summed E-state index contributed by atoms with van der Waals surface area (Å²) in [7, 11) is 0. The number of thiazole rings is 1. The SMILES string of the molecule is Cc1cs/c(=N/C2CCCCC2)n1/N=C\c1ccc(O)c(O)c1O. The Morgan fingerprint density at radius 2 is 1.88 bits per heavy atom. The number of hydrogen-bond donors (Lipinski definition) is 3. The Bertz CT molecular complexity index is 817. The zero-order valence-corrected chi connectivity index (χ0v) is 14.3. The van der Waals surface area contributed by atoms with Crippen molar-refractivity contribution in [1.29, 1.82) is 0 Å². The fraction of sp³-hybridized carbons (Fsp3) is 0.412. The van der Waals surface area contributed by atoms with Gasteiger partial charge in [0.25, 0.3) is 0 Å². The van der Waals surface area contributed by atoms with Crippen LogP contribution in [0, 0.1) is 6.92 Å². The Morgan fingerprint density at radius 3 is 2.62 bits per heavy atom. The molecule has 24 heavy (non-hydrogen) atoms. The number of aryl methyl sites for hydroxylation is 1. The van der Waals surface area contributed by atoms with E-state index >= 15 is 0 Å². The second-order valence-electron chi connectivity index (χ2n) is 6.01. The third-order valence-corrected chi connectivity index (χ3v) is 5.14. The molecule has 1 aliphatic rings. The Balaban J connectivity index is 1.92. The maximum atomic E-state index is 9.88. The van der Waals surface area contributed by atoms with Crippen molar-refractivity contribution >= 4 is 17.6 Å². The summed E-state index contributed by atoms with van der Waals surface area (Å²) in [6.45, 7) is 1.95. The molecule has 0 aliphatic heterocycles. The van der Waals surface area contributed by atoms with Crippen molar-refractivity contribution in [3.05, 3.63) is 33.6 Å². The minimum absolute atomic E-state index is 0.326. The van der Waals surface area contributed by atoms with Gasteiger partial charge in [0.15, 0.2) is 11.5 Å². The molecule has 1 heterocycles. The van der Waals surface area contributed by atoms with E-state index in [1.165, 1.54) is 37.6 Å². The molecule has 1 saturated carbocycles. The first kappa shape index (κ1) is 16.6. The number of phenols is 3. The number of benzene rings is 1. The van der Waals surface area contributed by atoms with Gasteiger partial charge in [0, 0.05) is 10.9 Å². The molecule has 3 N–H and O–H groups in total. The summed E-state index contributed by atoms with van der Waals surface area (Å²) in [6.07, 6.45) is 7.43. The van der Waals surface area contributed by atoms with Crippen LogP contribution in [-0.4, -0.2) is 32.3 Å². The van der Waals surface area contributed by atoms with Gasteiger partial charge in [-0.05, 0) is 31.9 Å². The maximum absolute atomic E-state index is 9.88. The Morgan fingerprint density at radius 1 is 1.12 bits per heavy atom. The number of phenolic OH excluding ortho intramolecular Hbond substituents is 3. The number of hydrogen-bond acceptors (Lipinski definition) is 6. The average molecular weight is 347 g/mol. The first-order valence-electron chi connectivity index (χ1n) is 8.05. The van der Waals surface area contributed by atoms with E-state index in [1.54, 1.807) is 16.0 Å². The minimum atomic E-state index is -0.543. The van der Waals surface area contributed by atoms with E-state index in [-0.39, 0.29) is 5.75 Å². The normalized spacial score (nSPS) is 17.0. The molecule has 7 heteroatoms. The van der Waals surface area contributed by atoms with E-state index in [2.05, 4.69) is 5.10 Å². The van der Waals surface area contributed by atoms with Gasteiger partial charge in [-0.3, -0.25) is 4.99 Å². The van der Waals surface area contributed by atoms with Gasteiger partial charge in [-0.15, -0.1) is 11.3 Å². The molecule has 0 bridgehead atoms. The quantitative estimate of drug-likeness (QED) is 0.589. The zero-order valence-electron chi connectivity index (χ0n) is 13.5. The second kappa shape index (κ2) is 7.09. The molecule has 0 radical (unpaired) electrons. The van der Waals surface area contributed by atoms with Crippen LogP contribution in [-0.2, 0) is 0 Å². The van der Waals surface area contributed by atoms with Gasteiger partial charge in [0.1, 0.15) is 0 Å². The maximum Gasteiger partial charge on any atom is 0.206 e. The highest BCUT2D eigenvalue weighted by Crippen LogP contribution is 2.36. The van der Waals surface area contributed by atoms with Crippen LogP contribution in [0.25, 0.3) is 0 Å². The van der Waals surface area contributed by atoms with Crippen LogP contribution in [0.5, 0.6) is 17.2 Å². The fourth-order valence-electron chi connectivity index (χ4n) is 2.79. The van der Waals surface area contributed by atoms with E-state index in [9.17, 15) is 15.3 Å². The van der Waals surface area contributed by atoms with Gasteiger partial charge in [-0.1, -0.05) is 19.3 Å². The van der Waals surface area contributed by atoms with E-state index in [4.69, 9.17) is 4.99 Å². The van der Waals surface area contributed by atoms with Gasteiger partial charge < -0.3 is 15.3 Å². The van der Waals surface area contributed by atoms with Crippen molar-refractivity contribution in [2.45, 2.75) is 45.1 Å². The van der Waals surface area contributed by atoms with Gasteiger partial charge in [-0.25, -0.2) is 4.68 Å². The van der Waals surface area contributed by atoms with Crippen molar-refractivity contribution in [3.8, 4) is 17.2 Å². The van der Waals surface area contributed by atoms with Crippen LogP contribution in [0.2, 0.25) is 0 Å². The van der Waals surface area contributed by atoms with E-state index in [0.717, 1.165) is 23.3 Å². The molecule has 128 valence electrons. The lowest BCUT2D eigenvalue weighted by molar-refractivity contribution is 0.367. The van der Waals surface area contributed by atoms with Crippen LogP contribution in [0.3, 0.4) is 0 Å². The number of aromatic nitrogens is 1. The third kappa shape index (κ3) is 3.46. The van der Waals surface area contributed by atoms with Crippen LogP contribution in [0.1, 0.15) is 43.4 Å². The first-order valence-corrected chi connectivity index (χ1v) is 8.93. The number of nitrogens with zero attached hydrogens (tertiary/aromatic N) is 3. The topological polar surface area (TPSA) is 90.3 Å². The van der Waals surface area contributed by atoms with E-state index in [0.29, 0.717) is 11.6 Å². The van der Waals surface area contributed by atoms with Crippen molar-refractivity contribution in [2.24, 2.45) is 10.1 Å². The highest BCUT2D eigenvalue weighted by Gasteiger charge is 2.13. The molecule has 2 aromatic rings. The highest BCUT2D eigenvalue weighted by atomic mass is 32.1. The fourth-order valence-corrected chi connectivity index (χ4v) is 3.67. The van der Waals surface area contributed by atoms with Crippen LogP contribution in [0.4, 0.5) is 0 Å². The van der Waals surface area contributed by atoms with Gasteiger partial charge >= 0.3 is 0 Å². The summed E-state index contributed by atoms with van der Waals surface area (Å²) in [5, 5.41) is 35.2. The summed E-state index contributed by atoms with van der Waals surface area (Å²) in [6, 6.07) is 3.16. The summed E-state index contributed by atoms with van der Waals surface area (Å²) in [4.78, 5) is 5.65. The van der Waals surface area contributed by atoms with Crippen molar-refractivity contribution < 1.29 is 15.3 Å². The monoisotopic (exact) mass is 347 g/mol. The Labute approximate surface area is 144 Å². The summed E-state index contributed by atoms with van der Waals surface area (Å²) >= 11 is 1.55. The zero-order chi connectivity index (χ0) is 17.1. The highest BCUT2D eigenvalue weighted by molar-refractivity contribution is 7.07. The van der Waals surface area contributed by atoms with Crippen molar-refractivity contribution in [2.75, 3.05) is 0 Å². The lowest BCUT2D eigenvalue weighted by Crippen LogP contribution is -2.19. The molecule has 0 saturated heterocycles. The van der Waals surface area contributed by atoms with Crippen LogP contribution >= 0.6 is 11.3 Å². The molecular weight excluding hydrogens is 326 g/mol. The van der Waals surface area contributed by atoms with Crippen molar-refractivity contribution in [1.82, 2.24) is 4.68 Å². The molecule has 0 atom stereocenters. The third-order valence-electron chi connectivity index (χ3n) is 4.19. The van der Waals surface area contributed by atoms with Crippen LogP contribution in [0.15, 0.2) is 27.6 Å². The molecule has 0 unspecified atom stereocenters. The smallest absolute Gasteiger partial charge is 0.206 e. The summed E-state index contributed by atoms with van der Waals surface area (Å²) in [5.74, 6) is -1.30. The lowest BCUT2D eigenvalue weighted by Gasteiger charge is -2.16. The summed E-state index contributed by atoms with van der Waals surface area (Å²) < 4.78 is 1.74. The molecule has 1 aromatic carbocycles. The molecule has 0 amide bonds. The largest absolute Gasteiger partial charge is 0.504 e. The van der Waals surface area contributed by atoms with Crippen LogP contribution < -0.4 is 4.80 Å². The molecule has 1 aromatic heterocycles. The Kier molecular flexibility index (Phi) is 4.89. The first-order chi connectivity index (χ1) is 11.6. The predicted molar refractivity (Wildman–Crippen MR) is 93.9 cm³/mol. The number of rotatable bonds is 3. The second-order valence-corrected chi connectivity index (χ2v) is 6.84. The van der Waals surface area contributed by atoms with Gasteiger partial charge in [-0.2, -0.15) is 5.10 Å². The standard InChI is InChI=1S/C17H21N3O3S/c1-11-10-24-17(19-13-5-3-2-4-6-13)20(11)18-9-12-7-8-14(21)16(23)15(12)22/h7-10,13,21-23H,2-6H2,1H3/b18-9-,19-17+. The van der Waals surface area contributed by atoms with Gasteiger partial charge in [0.2, 0.25) is 10.6 Å². The summed E-state index contributed by atoms with van der Waals surface area (Å²) in [5.41, 5.74) is 1.28. The Hall–Kier alpha value is -2.28.